The largest absolute Gasteiger partial charge is 0.508 e. The molecule has 3 rings (SSSR count). The highest BCUT2D eigenvalue weighted by atomic mass is 35.5. The van der Waals surface area contributed by atoms with E-state index in [2.05, 4.69) is 28.4 Å². The van der Waals surface area contributed by atoms with Crippen LogP contribution in [0.2, 0.25) is 0 Å². The Morgan fingerprint density at radius 1 is 1.22 bits per heavy atom. The van der Waals surface area contributed by atoms with Crippen molar-refractivity contribution in [2.75, 3.05) is 26.7 Å². The van der Waals surface area contributed by atoms with Crippen LogP contribution in [0.1, 0.15) is 17.2 Å². The molecule has 0 amide bonds. The number of nitrogens with one attached hydrogen (secondary N) is 1. The first-order valence-electron chi connectivity index (χ1n) is 7.63. The molecule has 0 aromatic heterocycles. The average molecular weight is 335 g/mol. The van der Waals surface area contributed by atoms with Gasteiger partial charge in [0.15, 0.2) is 0 Å². The van der Waals surface area contributed by atoms with E-state index in [1.54, 1.807) is 13.2 Å². The molecule has 1 heterocycles. The zero-order chi connectivity index (χ0) is 15.4. The number of phenols is 1. The second-order valence-electron chi connectivity index (χ2n) is 5.60. The van der Waals surface area contributed by atoms with Crippen molar-refractivity contribution < 1.29 is 9.84 Å². The molecule has 4 nitrogen and oxygen atoms in total. The van der Waals surface area contributed by atoms with Crippen LogP contribution in [0.15, 0.2) is 48.5 Å². The molecule has 1 unspecified atom stereocenters. The summed E-state index contributed by atoms with van der Waals surface area (Å²) in [4.78, 5) is 2.43. The summed E-state index contributed by atoms with van der Waals surface area (Å²) in [6.45, 7) is 3.67. The summed E-state index contributed by atoms with van der Waals surface area (Å²) >= 11 is 0. The van der Waals surface area contributed by atoms with Crippen LogP contribution in [-0.2, 0) is 6.54 Å². The van der Waals surface area contributed by atoms with Gasteiger partial charge in [0.1, 0.15) is 11.5 Å². The molecule has 0 spiro atoms. The van der Waals surface area contributed by atoms with Crippen LogP contribution in [0.3, 0.4) is 0 Å². The van der Waals surface area contributed by atoms with E-state index < -0.39 is 0 Å². The lowest BCUT2D eigenvalue weighted by Crippen LogP contribution is -2.45. The Labute approximate surface area is 143 Å². The van der Waals surface area contributed by atoms with Gasteiger partial charge in [-0.25, -0.2) is 0 Å². The maximum atomic E-state index is 9.66. The van der Waals surface area contributed by atoms with E-state index in [4.69, 9.17) is 4.74 Å². The first kappa shape index (κ1) is 17.6. The van der Waals surface area contributed by atoms with Gasteiger partial charge in [0.05, 0.1) is 13.2 Å². The van der Waals surface area contributed by atoms with Crippen molar-refractivity contribution in [1.82, 2.24) is 10.2 Å². The number of rotatable bonds is 4. The van der Waals surface area contributed by atoms with Crippen LogP contribution in [0.4, 0.5) is 0 Å². The van der Waals surface area contributed by atoms with Crippen molar-refractivity contribution in [1.29, 1.82) is 0 Å². The minimum Gasteiger partial charge on any atom is -0.508 e. The molecule has 0 bridgehead atoms. The molecule has 23 heavy (non-hydrogen) atoms. The minimum absolute atomic E-state index is 0. The molecule has 1 aliphatic heterocycles. The first-order valence-corrected chi connectivity index (χ1v) is 7.63. The van der Waals surface area contributed by atoms with Crippen molar-refractivity contribution in [2.45, 2.75) is 12.6 Å². The number of benzene rings is 2. The highest BCUT2D eigenvalue weighted by Crippen LogP contribution is 2.31. The number of nitrogens with zero attached hydrogens (tertiary/aromatic N) is 1. The topological polar surface area (TPSA) is 44.7 Å². The second-order valence-corrected chi connectivity index (χ2v) is 5.60. The molecule has 5 heteroatoms. The van der Waals surface area contributed by atoms with E-state index in [0.717, 1.165) is 37.5 Å². The molecule has 0 saturated carbocycles. The first-order chi connectivity index (χ1) is 10.8. The fraction of sp³-hybridized carbons (Fsp3) is 0.333. The van der Waals surface area contributed by atoms with Gasteiger partial charge in [0.2, 0.25) is 0 Å². The van der Waals surface area contributed by atoms with Crippen LogP contribution in [0.25, 0.3) is 0 Å². The summed E-state index contributed by atoms with van der Waals surface area (Å²) in [7, 11) is 1.72. The van der Waals surface area contributed by atoms with Crippen LogP contribution < -0.4 is 10.1 Å². The smallest absolute Gasteiger partial charge is 0.123 e. The monoisotopic (exact) mass is 334 g/mol. The van der Waals surface area contributed by atoms with Gasteiger partial charge in [0.25, 0.3) is 0 Å². The SMILES string of the molecule is COc1ccccc1C1CNCCN1Cc1cccc(O)c1.Cl. The van der Waals surface area contributed by atoms with E-state index in [0.29, 0.717) is 5.75 Å². The van der Waals surface area contributed by atoms with Gasteiger partial charge in [-0.1, -0.05) is 30.3 Å². The summed E-state index contributed by atoms with van der Waals surface area (Å²) in [5.74, 6) is 1.25. The Balaban J connectivity index is 0.00000192. The zero-order valence-electron chi connectivity index (χ0n) is 13.2. The number of aromatic hydroxyl groups is 1. The van der Waals surface area contributed by atoms with Gasteiger partial charge in [-0.3, -0.25) is 4.90 Å². The lowest BCUT2D eigenvalue weighted by atomic mass is 10.0. The highest BCUT2D eigenvalue weighted by molar-refractivity contribution is 5.85. The van der Waals surface area contributed by atoms with Gasteiger partial charge in [-0.05, 0) is 23.8 Å². The Morgan fingerprint density at radius 2 is 2.04 bits per heavy atom. The number of ether oxygens (including phenoxy) is 1. The lowest BCUT2D eigenvalue weighted by molar-refractivity contribution is 0.151. The Morgan fingerprint density at radius 3 is 2.83 bits per heavy atom. The van der Waals surface area contributed by atoms with E-state index in [-0.39, 0.29) is 18.4 Å². The fourth-order valence-corrected chi connectivity index (χ4v) is 3.07. The summed E-state index contributed by atoms with van der Waals surface area (Å²) in [6, 6.07) is 16.0. The molecule has 2 aromatic carbocycles. The average Bonchev–Trinajstić information content (AvgIpc) is 2.55. The van der Waals surface area contributed by atoms with Gasteiger partial charge in [0, 0.05) is 31.7 Å². The summed E-state index contributed by atoms with van der Waals surface area (Å²) in [5, 5.41) is 13.1. The molecule has 0 aliphatic carbocycles. The quantitative estimate of drug-likeness (QED) is 0.902. The Kier molecular flexibility index (Phi) is 6.28. The zero-order valence-corrected chi connectivity index (χ0v) is 14.1. The van der Waals surface area contributed by atoms with Crippen LogP contribution in [0, 0.1) is 0 Å². The van der Waals surface area contributed by atoms with Crippen molar-refractivity contribution in [3.8, 4) is 11.5 Å². The van der Waals surface area contributed by atoms with Crippen molar-refractivity contribution >= 4 is 12.4 Å². The molecule has 1 saturated heterocycles. The maximum Gasteiger partial charge on any atom is 0.123 e. The van der Waals surface area contributed by atoms with Gasteiger partial charge in [-0.15, -0.1) is 12.4 Å². The molecular formula is C18H23ClN2O2. The minimum atomic E-state index is 0. The van der Waals surface area contributed by atoms with Gasteiger partial charge < -0.3 is 15.2 Å². The lowest BCUT2D eigenvalue weighted by Gasteiger charge is -2.37. The normalized spacial score (nSPS) is 18.2. The summed E-state index contributed by atoms with van der Waals surface area (Å²) in [5.41, 5.74) is 2.33. The van der Waals surface area contributed by atoms with E-state index in [9.17, 15) is 5.11 Å². The van der Waals surface area contributed by atoms with Gasteiger partial charge >= 0.3 is 0 Å². The Hall–Kier alpha value is -1.75. The molecule has 1 atom stereocenters. The molecule has 2 aromatic rings. The number of para-hydroxylation sites is 1. The number of halogens is 1. The second kappa shape index (κ2) is 8.20. The van der Waals surface area contributed by atoms with E-state index >= 15 is 0 Å². The molecule has 2 N–H and O–H groups in total. The maximum absolute atomic E-state index is 9.66. The van der Waals surface area contributed by atoms with Crippen LogP contribution in [-0.4, -0.2) is 36.8 Å². The predicted octanol–water partition coefficient (Wildman–Crippen LogP) is 2.97. The van der Waals surface area contributed by atoms with E-state index in [1.165, 1.54) is 5.56 Å². The molecule has 124 valence electrons. The third kappa shape index (κ3) is 4.16. The number of methoxy groups -OCH3 is 1. The number of phenolic OH excluding ortho intramolecular Hbond substituents is 1. The van der Waals surface area contributed by atoms with Crippen molar-refractivity contribution in [3.63, 3.8) is 0 Å². The predicted molar refractivity (Wildman–Crippen MR) is 94.4 cm³/mol. The standard InChI is InChI=1S/C18H22N2O2.ClH/c1-22-18-8-3-2-7-16(18)17-12-19-9-10-20(17)13-14-5-4-6-15(21)11-14;/h2-8,11,17,19,21H,9-10,12-13H2,1H3;1H. The highest BCUT2D eigenvalue weighted by Gasteiger charge is 2.26. The molecular weight excluding hydrogens is 312 g/mol. The number of hydrogen-bond donors (Lipinski definition) is 2. The molecule has 0 radical (unpaired) electrons. The van der Waals surface area contributed by atoms with Crippen LogP contribution in [0.5, 0.6) is 11.5 Å². The Bertz CT molecular complexity index is 636. The van der Waals surface area contributed by atoms with Gasteiger partial charge in [-0.2, -0.15) is 0 Å². The van der Waals surface area contributed by atoms with Crippen molar-refractivity contribution in [2.24, 2.45) is 0 Å². The van der Waals surface area contributed by atoms with Crippen LogP contribution >= 0.6 is 12.4 Å². The third-order valence-electron chi connectivity index (χ3n) is 4.15. The van der Waals surface area contributed by atoms with E-state index in [1.807, 2.05) is 24.3 Å². The van der Waals surface area contributed by atoms with Crippen molar-refractivity contribution in [3.05, 3.63) is 59.7 Å². The summed E-state index contributed by atoms with van der Waals surface area (Å²) in [6.07, 6.45) is 0. The number of piperazine rings is 1. The fourth-order valence-electron chi connectivity index (χ4n) is 3.07. The molecule has 1 aliphatic rings. The summed E-state index contributed by atoms with van der Waals surface area (Å²) < 4.78 is 5.52. The number of hydrogen-bond acceptors (Lipinski definition) is 4. The molecule has 1 fully saturated rings. The third-order valence-corrected chi connectivity index (χ3v) is 4.15.